The second kappa shape index (κ2) is 8.12. The predicted octanol–water partition coefficient (Wildman–Crippen LogP) is 2.52. The molecule has 0 aromatic rings. The quantitative estimate of drug-likeness (QED) is 0.675. The summed E-state index contributed by atoms with van der Waals surface area (Å²) >= 11 is 1.89. The number of nitrogens with zero attached hydrogens (tertiary/aromatic N) is 1. The van der Waals surface area contributed by atoms with Gasteiger partial charge in [-0.15, -0.1) is 0 Å². The molecular formula is C14H27NO3S. The molecule has 4 nitrogen and oxygen atoms in total. The van der Waals surface area contributed by atoms with Gasteiger partial charge in [-0.05, 0) is 19.1 Å². The maximum atomic E-state index is 11.9. The average molecular weight is 289 g/mol. The van der Waals surface area contributed by atoms with Crippen molar-refractivity contribution in [1.82, 2.24) is 4.90 Å². The van der Waals surface area contributed by atoms with E-state index in [-0.39, 0.29) is 5.91 Å². The first-order chi connectivity index (χ1) is 8.99. The second-order valence-electron chi connectivity index (χ2n) is 5.32. The fourth-order valence-electron chi connectivity index (χ4n) is 2.00. The number of unbranched alkanes of at least 4 members (excludes halogenated alkanes) is 3. The summed E-state index contributed by atoms with van der Waals surface area (Å²) in [6.07, 6.45) is 5.14. The van der Waals surface area contributed by atoms with Crippen molar-refractivity contribution in [2.45, 2.75) is 50.6 Å². The Bertz CT molecular complexity index is 276. The zero-order valence-corrected chi connectivity index (χ0v) is 13.4. The van der Waals surface area contributed by atoms with Crippen LogP contribution in [0, 0.1) is 0 Å². The van der Waals surface area contributed by atoms with Crippen molar-refractivity contribution >= 4 is 17.7 Å². The zero-order valence-electron chi connectivity index (χ0n) is 12.6. The minimum atomic E-state index is -1.09. The van der Waals surface area contributed by atoms with Gasteiger partial charge in [0.15, 0.2) is 0 Å². The van der Waals surface area contributed by atoms with E-state index in [9.17, 15) is 4.79 Å². The van der Waals surface area contributed by atoms with Crippen LogP contribution < -0.4 is 0 Å². The highest BCUT2D eigenvalue weighted by molar-refractivity contribution is 7.99. The number of ether oxygens (including phenoxy) is 2. The van der Waals surface area contributed by atoms with E-state index in [1.807, 2.05) is 11.8 Å². The van der Waals surface area contributed by atoms with E-state index in [0.717, 1.165) is 5.75 Å². The molecule has 0 aromatic carbocycles. The van der Waals surface area contributed by atoms with E-state index < -0.39 is 5.79 Å². The summed E-state index contributed by atoms with van der Waals surface area (Å²) in [6.45, 7) is 5.11. The Labute approximate surface area is 121 Å². The lowest BCUT2D eigenvalue weighted by Gasteiger charge is -2.37. The number of thioether (sulfide) groups is 1. The summed E-state index contributed by atoms with van der Waals surface area (Å²) in [5.74, 6) is -0.0720. The Balaban J connectivity index is 2.23. The number of hydrogen-bond acceptors (Lipinski definition) is 4. The maximum Gasteiger partial charge on any atom is 0.282 e. The molecule has 0 spiro atoms. The number of rotatable bonds is 7. The van der Waals surface area contributed by atoms with Crippen molar-refractivity contribution < 1.29 is 14.3 Å². The number of hydrogen-bond donors (Lipinski definition) is 0. The van der Waals surface area contributed by atoms with Gasteiger partial charge in [0.2, 0.25) is 5.79 Å². The topological polar surface area (TPSA) is 38.8 Å². The summed E-state index contributed by atoms with van der Waals surface area (Å²) in [6, 6.07) is 0. The molecule has 1 amide bonds. The monoisotopic (exact) mass is 289 g/mol. The molecular weight excluding hydrogens is 262 g/mol. The van der Waals surface area contributed by atoms with Gasteiger partial charge in [-0.1, -0.05) is 26.2 Å². The summed E-state index contributed by atoms with van der Waals surface area (Å²) < 4.78 is 11.3. The lowest BCUT2D eigenvalue weighted by molar-refractivity contribution is -0.248. The van der Waals surface area contributed by atoms with Gasteiger partial charge >= 0.3 is 0 Å². The van der Waals surface area contributed by atoms with Crippen molar-refractivity contribution in [2.24, 2.45) is 0 Å². The Morgan fingerprint density at radius 2 is 1.89 bits per heavy atom. The number of carbonyl (C=O) groups excluding carboxylic acids is 1. The fourth-order valence-corrected chi connectivity index (χ4v) is 3.03. The van der Waals surface area contributed by atoms with Crippen LogP contribution in [0.25, 0.3) is 0 Å². The highest BCUT2D eigenvalue weighted by Gasteiger charge is 2.41. The van der Waals surface area contributed by atoms with E-state index in [2.05, 4.69) is 6.92 Å². The minimum Gasteiger partial charge on any atom is -0.344 e. The Morgan fingerprint density at radius 3 is 2.42 bits per heavy atom. The van der Waals surface area contributed by atoms with Crippen molar-refractivity contribution in [2.75, 3.05) is 33.1 Å². The van der Waals surface area contributed by atoms with E-state index in [1.54, 1.807) is 21.0 Å². The molecule has 0 atom stereocenters. The van der Waals surface area contributed by atoms with Gasteiger partial charge in [0, 0.05) is 14.1 Å². The number of likely N-dealkylation sites (N-methyl/N-ethyl adjacent to an activating group) is 1. The van der Waals surface area contributed by atoms with Crippen molar-refractivity contribution in [1.29, 1.82) is 0 Å². The van der Waals surface area contributed by atoms with E-state index in [0.29, 0.717) is 18.5 Å². The molecule has 0 aromatic heterocycles. The molecule has 112 valence electrons. The summed E-state index contributed by atoms with van der Waals surface area (Å²) in [5, 5.41) is 0.352. The number of carbonyl (C=O) groups is 1. The molecule has 0 bridgehead atoms. The molecule has 0 N–H and O–H groups in total. The molecule has 1 aliphatic heterocycles. The van der Waals surface area contributed by atoms with Gasteiger partial charge in [-0.25, -0.2) is 0 Å². The third kappa shape index (κ3) is 5.32. The third-order valence-corrected chi connectivity index (χ3v) is 4.50. The molecule has 1 saturated heterocycles. The molecule has 0 unspecified atom stereocenters. The van der Waals surface area contributed by atoms with Crippen LogP contribution in [0.3, 0.4) is 0 Å². The Kier molecular flexibility index (Phi) is 7.18. The Hall–Kier alpha value is -0.260. The molecule has 1 rings (SSSR count). The van der Waals surface area contributed by atoms with E-state index in [1.165, 1.54) is 30.6 Å². The molecule has 1 fully saturated rings. The lowest BCUT2D eigenvalue weighted by Crippen LogP contribution is -2.53. The van der Waals surface area contributed by atoms with Gasteiger partial charge in [0.05, 0.1) is 18.5 Å². The van der Waals surface area contributed by atoms with Crippen molar-refractivity contribution in [3.63, 3.8) is 0 Å². The molecule has 5 heteroatoms. The molecule has 0 saturated carbocycles. The standard InChI is InChI=1S/C14H27NO3S/c1-5-6-7-8-9-19-12-10-17-14(2,18-11-12)13(16)15(3)4/h12H,5-11H2,1-4H3. The minimum absolute atomic E-state index is 0.126. The highest BCUT2D eigenvalue weighted by atomic mass is 32.2. The molecule has 1 aliphatic rings. The van der Waals surface area contributed by atoms with Gasteiger partial charge in [0.1, 0.15) is 0 Å². The maximum absolute atomic E-state index is 11.9. The predicted molar refractivity (Wildman–Crippen MR) is 79.4 cm³/mol. The summed E-state index contributed by atoms with van der Waals surface area (Å²) in [7, 11) is 3.43. The molecule has 0 aliphatic carbocycles. The molecule has 19 heavy (non-hydrogen) atoms. The zero-order chi connectivity index (χ0) is 14.3. The van der Waals surface area contributed by atoms with Gasteiger partial charge < -0.3 is 14.4 Å². The van der Waals surface area contributed by atoms with E-state index in [4.69, 9.17) is 9.47 Å². The molecule has 1 heterocycles. The first-order valence-electron chi connectivity index (χ1n) is 7.11. The van der Waals surface area contributed by atoms with Crippen LogP contribution in [-0.2, 0) is 14.3 Å². The number of amides is 1. The van der Waals surface area contributed by atoms with Crippen LogP contribution in [0.2, 0.25) is 0 Å². The Morgan fingerprint density at radius 1 is 1.26 bits per heavy atom. The average Bonchev–Trinajstić information content (AvgIpc) is 2.40. The van der Waals surface area contributed by atoms with Crippen LogP contribution in [0.5, 0.6) is 0 Å². The lowest BCUT2D eigenvalue weighted by atomic mass is 10.2. The van der Waals surface area contributed by atoms with Crippen LogP contribution in [0.4, 0.5) is 0 Å². The summed E-state index contributed by atoms with van der Waals surface area (Å²) in [5.41, 5.74) is 0. The second-order valence-corrected chi connectivity index (χ2v) is 6.73. The molecule has 0 radical (unpaired) electrons. The normalized spacial score (nSPS) is 27.3. The largest absolute Gasteiger partial charge is 0.344 e. The van der Waals surface area contributed by atoms with Crippen molar-refractivity contribution in [3.05, 3.63) is 0 Å². The van der Waals surface area contributed by atoms with Crippen LogP contribution in [0.15, 0.2) is 0 Å². The smallest absolute Gasteiger partial charge is 0.282 e. The van der Waals surface area contributed by atoms with Crippen LogP contribution in [-0.4, -0.2) is 54.9 Å². The first-order valence-corrected chi connectivity index (χ1v) is 8.15. The third-order valence-electron chi connectivity index (χ3n) is 3.24. The van der Waals surface area contributed by atoms with Crippen molar-refractivity contribution in [3.8, 4) is 0 Å². The highest BCUT2D eigenvalue weighted by Crippen LogP contribution is 2.26. The van der Waals surface area contributed by atoms with Gasteiger partial charge in [0.25, 0.3) is 5.91 Å². The fraction of sp³-hybridized carbons (Fsp3) is 0.929. The van der Waals surface area contributed by atoms with Crippen LogP contribution in [0.1, 0.15) is 39.5 Å². The van der Waals surface area contributed by atoms with Crippen LogP contribution >= 0.6 is 11.8 Å². The van der Waals surface area contributed by atoms with Gasteiger partial charge in [-0.3, -0.25) is 4.79 Å². The van der Waals surface area contributed by atoms with Gasteiger partial charge in [-0.2, -0.15) is 11.8 Å². The summed E-state index contributed by atoms with van der Waals surface area (Å²) in [4.78, 5) is 13.4. The van der Waals surface area contributed by atoms with E-state index >= 15 is 0 Å². The first kappa shape index (κ1) is 16.8. The SMILES string of the molecule is CCCCCCSC1COC(C)(C(=O)N(C)C)OC1.